The predicted molar refractivity (Wildman–Crippen MR) is 127 cm³/mol. The molecule has 0 saturated carbocycles. The van der Waals surface area contributed by atoms with E-state index >= 15 is 0 Å². The molecule has 1 aromatic carbocycles. The number of anilines is 1. The van der Waals surface area contributed by atoms with Gasteiger partial charge in [-0.3, -0.25) is 4.79 Å². The van der Waals surface area contributed by atoms with E-state index in [0.717, 1.165) is 57.8 Å². The second-order valence-corrected chi connectivity index (χ2v) is 8.89. The van der Waals surface area contributed by atoms with Crippen LogP contribution in [0.2, 0.25) is 0 Å². The standard InChI is InChI=1S/C25H33F3N4O3/c1-3-35-23(34)9-5-4-6-12-32-13-7-8-19(16-32)29-22-14-17(2)24(31-30-22)20-11-10-18(15-21(20)33)25(26,27)28/h10-11,14-15,19,33H,3-9,12-13,16H2,1-2H3,(H,29,30)/t19-/m1/s1. The lowest BCUT2D eigenvalue weighted by atomic mass is 10.0. The summed E-state index contributed by atoms with van der Waals surface area (Å²) < 4.78 is 43.6. The second kappa shape index (κ2) is 12.2. The van der Waals surface area contributed by atoms with Crippen LogP contribution in [0.3, 0.4) is 0 Å². The molecule has 0 amide bonds. The quantitative estimate of drug-likeness (QED) is 0.348. The minimum atomic E-state index is -4.53. The fourth-order valence-electron chi connectivity index (χ4n) is 4.33. The van der Waals surface area contributed by atoms with E-state index in [0.29, 0.717) is 36.2 Å². The van der Waals surface area contributed by atoms with Crippen molar-refractivity contribution >= 4 is 11.8 Å². The fourth-order valence-corrected chi connectivity index (χ4v) is 4.33. The second-order valence-electron chi connectivity index (χ2n) is 8.89. The number of nitrogens with zero attached hydrogens (tertiary/aromatic N) is 3. The molecule has 0 bridgehead atoms. The highest BCUT2D eigenvalue weighted by molar-refractivity contribution is 5.70. The number of piperidine rings is 1. The number of ether oxygens (including phenoxy) is 1. The lowest BCUT2D eigenvalue weighted by Crippen LogP contribution is -2.42. The van der Waals surface area contributed by atoms with Gasteiger partial charge >= 0.3 is 12.1 Å². The molecule has 0 unspecified atom stereocenters. The Morgan fingerprint density at radius 3 is 2.71 bits per heavy atom. The van der Waals surface area contributed by atoms with Crippen molar-refractivity contribution in [3.63, 3.8) is 0 Å². The van der Waals surface area contributed by atoms with Crippen molar-refractivity contribution in [1.29, 1.82) is 0 Å². The first-order valence-electron chi connectivity index (χ1n) is 12.1. The number of rotatable bonds is 10. The van der Waals surface area contributed by atoms with Crippen LogP contribution in [-0.4, -0.2) is 58.5 Å². The van der Waals surface area contributed by atoms with Crippen LogP contribution in [0, 0.1) is 6.92 Å². The molecule has 1 saturated heterocycles. The molecule has 192 valence electrons. The van der Waals surface area contributed by atoms with Crippen molar-refractivity contribution < 1.29 is 27.8 Å². The Hall–Kier alpha value is -2.88. The smallest absolute Gasteiger partial charge is 0.416 e. The summed E-state index contributed by atoms with van der Waals surface area (Å²) in [5, 5.41) is 21.9. The number of unbranched alkanes of at least 4 members (excludes halogenated alkanes) is 2. The number of likely N-dealkylation sites (tertiary alicyclic amines) is 1. The number of carbonyl (C=O) groups is 1. The van der Waals surface area contributed by atoms with Gasteiger partial charge in [-0.05, 0) is 82.4 Å². The van der Waals surface area contributed by atoms with Gasteiger partial charge in [0.1, 0.15) is 11.6 Å². The van der Waals surface area contributed by atoms with Crippen LogP contribution >= 0.6 is 0 Å². The van der Waals surface area contributed by atoms with Crippen LogP contribution in [0.4, 0.5) is 19.0 Å². The molecular formula is C25H33F3N4O3. The highest BCUT2D eigenvalue weighted by atomic mass is 19.4. The van der Waals surface area contributed by atoms with Crippen molar-refractivity contribution in [2.45, 2.75) is 64.6 Å². The first kappa shape index (κ1) is 26.7. The lowest BCUT2D eigenvalue weighted by molar-refractivity contribution is -0.143. The maximum atomic E-state index is 12.9. The highest BCUT2D eigenvalue weighted by Gasteiger charge is 2.31. The Kier molecular flexibility index (Phi) is 9.31. The molecule has 1 aliphatic rings. The molecule has 3 rings (SSSR count). The van der Waals surface area contributed by atoms with Crippen LogP contribution < -0.4 is 5.32 Å². The topological polar surface area (TPSA) is 87.6 Å². The van der Waals surface area contributed by atoms with Crippen molar-refractivity contribution in [1.82, 2.24) is 15.1 Å². The molecule has 0 radical (unpaired) electrons. The summed E-state index contributed by atoms with van der Waals surface area (Å²) in [4.78, 5) is 13.8. The van der Waals surface area contributed by atoms with E-state index in [9.17, 15) is 23.1 Å². The Morgan fingerprint density at radius 1 is 1.23 bits per heavy atom. The Balaban J connectivity index is 1.52. The zero-order valence-corrected chi connectivity index (χ0v) is 20.2. The number of phenolic OH excluding ortho intramolecular Hbond substituents is 1. The average molecular weight is 495 g/mol. The van der Waals surface area contributed by atoms with Crippen LogP contribution in [0.5, 0.6) is 5.75 Å². The lowest BCUT2D eigenvalue weighted by Gasteiger charge is -2.33. The molecule has 2 heterocycles. The first-order valence-corrected chi connectivity index (χ1v) is 12.1. The van der Waals surface area contributed by atoms with Gasteiger partial charge in [-0.25, -0.2) is 0 Å². The maximum Gasteiger partial charge on any atom is 0.416 e. The number of halogens is 3. The largest absolute Gasteiger partial charge is 0.507 e. The number of aromatic hydroxyl groups is 1. The van der Waals surface area contributed by atoms with E-state index in [1.54, 1.807) is 13.0 Å². The van der Waals surface area contributed by atoms with Gasteiger partial charge in [0.05, 0.1) is 17.9 Å². The Morgan fingerprint density at radius 2 is 2.03 bits per heavy atom. The normalized spacial score (nSPS) is 16.8. The number of carbonyl (C=O) groups excluding carboxylic acids is 1. The summed E-state index contributed by atoms with van der Waals surface area (Å²) in [6, 6.07) is 4.86. The number of aromatic nitrogens is 2. The molecule has 10 heteroatoms. The van der Waals surface area contributed by atoms with Crippen molar-refractivity contribution in [3.8, 4) is 17.0 Å². The van der Waals surface area contributed by atoms with E-state index in [1.165, 1.54) is 6.07 Å². The first-order chi connectivity index (χ1) is 16.7. The van der Waals surface area contributed by atoms with Gasteiger partial charge in [-0.1, -0.05) is 6.42 Å². The van der Waals surface area contributed by atoms with E-state index in [1.807, 2.05) is 6.92 Å². The average Bonchev–Trinajstić information content (AvgIpc) is 2.79. The predicted octanol–water partition coefficient (Wildman–Crippen LogP) is 5.18. The molecule has 1 fully saturated rings. The number of hydrogen-bond acceptors (Lipinski definition) is 7. The molecule has 2 aromatic rings. The molecule has 0 aliphatic carbocycles. The number of hydrogen-bond donors (Lipinski definition) is 2. The van der Waals surface area contributed by atoms with Gasteiger partial charge < -0.3 is 20.1 Å². The third kappa shape index (κ3) is 7.81. The minimum absolute atomic E-state index is 0.134. The fraction of sp³-hybridized carbons (Fsp3) is 0.560. The number of alkyl halides is 3. The van der Waals surface area contributed by atoms with Crippen molar-refractivity contribution in [3.05, 3.63) is 35.4 Å². The summed E-state index contributed by atoms with van der Waals surface area (Å²) in [6.45, 7) is 6.90. The molecule has 1 atom stereocenters. The SMILES string of the molecule is CCOC(=O)CCCCCN1CCC[C@@H](Nc2cc(C)c(-c3ccc(C(F)(F)F)cc3O)nn2)C1. The number of aryl methyl sites for hydroxylation is 1. The van der Waals surface area contributed by atoms with E-state index in [-0.39, 0.29) is 17.6 Å². The van der Waals surface area contributed by atoms with Gasteiger partial charge in [0, 0.05) is 24.6 Å². The van der Waals surface area contributed by atoms with Gasteiger partial charge in [0.15, 0.2) is 0 Å². The molecule has 35 heavy (non-hydrogen) atoms. The van der Waals surface area contributed by atoms with Gasteiger partial charge in [-0.2, -0.15) is 13.2 Å². The highest BCUT2D eigenvalue weighted by Crippen LogP contribution is 2.36. The minimum Gasteiger partial charge on any atom is -0.507 e. The zero-order valence-electron chi connectivity index (χ0n) is 20.2. The Labute approximate surface area is 203 Å². The van der Waals surface area contributed by atoms with Crippen molar-refractivity contribution in [2.75, 3.05) is 31.6 Å². The summed E-state index contributed by atoms with van der Waals surface area (Å²) in [6.07, 6.45) is 0.847. The monoisotopic (exact) mass is 494 g/mol. The number of benzene rings is 1. The van der Waals surface area contributed by atoms with E-state index in [4.69, 9.17) is 4.74 Å². The van der Waals surface area contributed by atoms with E-state index in [2.05, 4.69) is 20.4 Å². The molecular weight excluding hydrogens is 461 g/mol. The van der Waals surface area contributed by atoms with Crippen LogP contribution in [0.15, 0.2) is 24.3 Å². The summed E-state index contributed by atoms with van der Waals surface area (Å²) in [7, 11) is 0. The van der Waals surface area contributed by atoms with Crippen LogP contribution in [-0.2, 0) is 15.7 Å². The number of phenols is 1. The number of nitrogens with one attached hydrogen (secondary N) is 1. The third-order valence-corrected chi connectivity index (χ3v) is 6.08. The zero-order chi connectivity index (χ0) is 25.4. The van der Waals surface area contributed by atoms with Gasteiger partial charge in [-0.15, -0.1) is 10.2 Å². The maximum absolute atomic E-state index is 12.9. The van der Waals surface area contributed by atoms with Crippen LogP contribution in [0.25, 0.3) is 11.3 Å². The van der Waals surface area contributed by atoms with E-state index < -0.39 is 17.5 Å². The van der Waals surface area contributed by atoms with Crippen molar-refractivity contribution in [2.24, 2.45) is 0 Å². The molecule has 0 spiro atoms. The molecule has 1 aromatic heterocycles. The van der Waals surface area contributed by atoms with Gasteiger partial charge in [0.2, 0.25) is 0 Å². The van der Waals surface area contributed by atoms with Gasteiger partial charge in [0.25, 0.3) is 0 Å². The summed E-state index contributed by atoms with van der Waals surface area (Å²) in [5.74, 6) is -0.0206. The number of esters is 1. The van der Waals surface area contributed by atoms with Crippen LogP contribution in [0.1, 0.15) is 56.6 Å². The molecule has 1 aliphatic heterocycles. The summed E-state index contributed by atoms with van der Waals surface area (Å²) in [5.41, 5.74) is 0.339. The Bertz CT molecular complexity index is 1000. The molecule has 2 N–H and O–H groups in total. The molecule has 7 nitrogen and oxygen atoms in total. The summed E-state index contributed by atoms with van der Waals surface area (Å²) >= 11 is 0. The third-order valence-electron chi connectivity index (χ3n) is 6.08.